The van der Waals surface area contributed by atoms with Gasteiger partial charge in [0.25, 0.3) is 0 Å². The molecule has 0 bridgehead atoms. The predicted octanol–water partition coefficient (Wildman–Crippen LogP) is 8.24. The van der Waals surface area contributed by atoms with E-state index < -0.39 is 5.97 Å². The molecule has 1 fully saturated rings. The van der Waals surface area contributed by atoms with Crippen molar-refractivity contribution in [3.63, 3.8) is 0 Å². The van der Waals surface area contributed by atoms with Crippen LogP contribution in [0.25, 0.3) is 0 Å². The van der Waals surface area contributed by atoms with E-state index in [1.165, 1.54) is 24.8 Å². The summed E-state index contributed by atoms with van der Waals surface area (Å²) in [6.45, 7) is 10.5. The number of carbonyl (C=O) groups is 1. The Morgan fingerprint density at radius 1 is 1.00 bits per heavy atom. The van der Waals surface area contributed by atoms with Gasteiger partial charge in [-0.3, -0.25) is 4.79 Å². The predicted molar refractivity (Wildman–Crippen MR) is 172 cm³/mol. The number of piperidine rings is 1. The first-order chi connectivity index (χ1) is 19.7. The fourth-order valence-corrected chi connectivity index (χ4v) is 6.88. The molecule has 0 saturated carbocycles. The molecule has 1 saturated heterocycles. The molecule has 4 rings (SSSR count). The lowest BCUT2D eigenvalue weighted by Crippen LogP contribution is -2.37. The third-order valence-electron chi connectivity index (χ3n) is 7.52. The van der Waals surface area contributed by atoms with Gasteiger partial charge in [0.1, 0.15) is 11.5 Å². The summed E-state index contributed by atoms with van der Waals surface area (Å²) >= 11 is 7.26. The highest BCUT2D eigenvalue weighted by Gasteiger charge is 2.25. The van der Waals surface area contributed by atoms with Crippen LogP contribution in [0.1, 0.15) is 72.9 Å². The first-order valence-electron chi connectivity index (χ1n) is 14.3. The lowest BCUT2D eigenvalue weighted by molar-refractivity contribution is -0.136. The van der Waals surface area contributed by atoms with Gasteiger partial charge in [-0.1, -0.05) is 50.1 Å². The van der Waals surface area contributed by atoms with Gasteiger partial charge in [-0.25, -0.2) is 0 Å². The number of nitrogens with one attached hydrogen (secondary N) is 1. The fourth-order valence-electron chi connectivity index (χ4n) is 5.44. The number of rotatable bonds is 12. The van der Waals surface area contributed by atoms with Crippen molar-refractivity contribution in [2.75, 3.05) is 33.3 Å². The van der Waals surface area contributed by atoms with E-state index in [0.29, 0.717) is 20.3 Å². The van der Waals surface area contributed by atoms with E-state index in [1.54, 1.807) is 19.2 Å². The molecular weight excluding hydrogens is 648 g/mol. The van der Waals surface area contributed by atoms with Gasteiger partial charge in [0, 0.05) is 24.2 Å². The van der Waals surface area contributed by atoms with Crippen molar-refractivity contribution in [1.82, 2.24) is 10.2 Å². The first-order valence-corrected chi connectivity index (χ1v) is 15.9. The number of methoxy groups -OCH3 is 1. The average Bonchev–Trinajstić information content (AvgIpc) is 2.93. The Labute approximate surface area is 260 Å². The summed E-state index contributed by atoms with van der Waals surface area (Å²) in [5.41, 5.74) is 5.06. The highest BCUT2D eigenvalue weighted by atomic mass is 79.9. The summed E-state index contributed by atoms with van der Waals surface area (Å²) < 4.78 is 14.0. The summed E-state index contributed by atoms with van der Waals surface area (Å²) in [6, 6.07) is 16.2. The van der Waals surface area contributed by atoms with Gasteiger partial charge in [0.15, 0.2) is 5.75 Å². The molecular formula is C33H40Br2N2O4. The lowest BCUT2D eigenvalue weighted by Gasteiger charge is -2.29. The average molecular weight is 689 g/mol. The van der Waals surface area contributed by atoms with Crippen LogP contribution < -0.4 is 14.8 Å². The van der Waals surface area contributed by atoms with E-state index >= 15 is 0 Å². The van der Waals surface area contributed by atoms with E-state index in [9.17, 15) is 9.90 Å². The van der Waals surface area contributed by atoms with Crippen LogP contribution in [0, 0.1) is 6.92 Å². The van der Waals surface area contributed by atoms with Crippen LogP contribution in [0.3, 0.4) is 0 Å². The van der Waals surface area contributed by atoms with Crippen molar-refractivity contribution < 1.29 is 19.4 Å². The molecule has 1 unspecified atom stereocenters. The van der Waals surface area contributed by atoms with Crippen LogP contribution in [0.15, 0.2) is 57.5 Å². The topological polar surface area (TPSA) is 71.0 Å². The Morgan fingerprint density at radius 2 is 1.68 bits per heavy atom. The minimum Gasteiger partial charge on any atom is -0.496 e. The molecule has 0 amide bonds. The molecule has 0 aromatic heterocycles. The monoisotopic (exact) mass is 686 g/mol. The van der Waals surface area contributed by atoms with Crippen molar-refractivity contribution in [1.29, 1.82) is 0 Å². The number of benzene rings is 3. The van der Waals surface area contributed by atoms with E-state index in [0.717, 1.165) is 54.4 Å². The zero-order valence-corrected chi connectivity index (χ0v) is 27.5. The third kappa shape index (κ3) is 8.34. The molecule has 2 N–H and O–H groups in total. The number of hydrogen-bond donors (Lipinski definition) is 2. The Bertz CT molecular complexity index is 1330. The SMILES string of the molecule is COc1cc(C(NCCN2CCCCC2)c2cccc(C)c2)c(Oc2c(Br)cc(CC(=O)O)cc2Br)cc1C(C)C. The number of aliphatic carboxylic acids is 1. The number of nitrogens with zero attached hydrogens (tertiary/aromatic N) is 1. The minimum atomic E-state index is -0.881. The quantitative estimate of drug-likeness (QED) is 0.200. The molecule has 3 aromatic carbocycles. The van der Waals surface area contributed by atoms with Gasteiger partial charge in [-0.2, -0.15) is 0 Å². The molecule has 0 aliphatic carbocycles. The van der Waals surface area contributed by atoms with Crippen LogP contribution in [0.2, 0.25) is 0 Å². The third-order valence-corrected chi connectivity index (χ3v) is 8.70. The maximum Gasteiger partial charge on any atom is 0.307 e. The highest BCUT2D eigenvalue weighted by Crippen LogP contribution is 2.44. The summed E-state index contributed by atoms with van der Waals surface area (Å²) in [6.07, 6.45) is 3.78. The first kappa shape index (κ1) is 31.5. The molecule has 41 heavy (non-hydrogen) atoms. The molecule has 0 radical (unpaired) electrons. The maximum atomic E-state index is 11.3. The summed E-state index contributed by atoms with van der Waals surface area (Å²) in [5, 5.41) is 13.1. The van der Waals surface area contributed by atoms with Gasteiger partial charge in [-0.05, 0) is 106 Å². The second-order valence-corrected chi connectivity index (χ2v) is 12.8. The van der Waals surface area contributed by atoms with Gasteiger partial charge in [-0.15, -0.1) is 0 Å². The number of likely N-dealkylation sites (tertiary alicyclic amines) is 1. The van der Waals surface area contributed by atoms with Crippen molar-refractivity contribution in [2.45, 2.75) is 58.4 Å². The van der Waals surface area contributed by atoms with E-state index in [4.69, 9.17) is 9.47 Å². The van der Waals surface area contributed by atoms with Crippen LogP contribution in [-0.2, 0) is 11.2 Å². The Morgan fingerprint density at radius 3 is 2.29 bits per heavy atom. The smallest absolute Gasteiger partial charge is 0.307 e. The van der Waals surface area contributed by atoms with Gasteiger partial charge in [0.05, 0.1) is 28.5 Å². The van der Waals surface area contributed by atoms with Crippen molar-refractivity contribution >= 4 is 37.8 Å². The molecule has 8 heteroatoms. The molecule has 1 atom stereocenters. The maximum absolute atomic E-state index is 11.3. The second kappa shape index (κ2) is 14.7. The highest BCUT2D eigenvalue weighted by molar-refractivity contribution is 9.11. The van der Waals surface area contributed by atoms with Crippen LogP contribution in [-0.4, -0.2) is 49.3 Å². The standard InChI is InChI=1S/C33H40Br2N2O4/c1-21(2)25-19-30(41-33-27(34)16-23(17-28(33)35)18-31(38)39)26(20-29(25)40-4)32(24-10-8-9-22(3)15-24)36-11-14-37-12-6-5-7-13-37/h8-10,15-17,19-21,32,36H,5-7,11-14,18H2,1-4H3,(H,38,39). The lowest BCUT2D eigenvalue weighted by atomic mass is 9.92. The van der Waals surface area contributed by atoms with Crippen molar-refractivity contribution in [3.05, 3.63) is 85.3 Å². The molecule has 0 spiro atoms. The van der Waals surface area contributed by atoms with Crippen molar-refractivity contribution in [3.8, 4) is 17.2 Å². The van der Waals surface area contributed by atoms with E-state index in [-0.39, 0.29) is 18.4 Å². The molecule has 220 valence electrons. The molecule has 6 nitrogen and oxygen atoms in total. The number of ether oxygens (including phenoxy) is 2. The van der Waals surface area contributed by atoms with Crippen LogP contribution in [0.4, 0.5) is 0 Å². The molecule has 1 aliphatic heterocycles. The Hall–Kier alpha value is -2.39. The van der Waals surface area contributed by atoms with Crippen molar-refractivity contribution in [2.24, 2.45) is 0 Å². The van der Waals surface area contributed by atoms with Gasteiger partial charge >= 0.3 is 5.97 Å². The van der Waals surface area contributed by atoms with E-state index in [1.807, 2.05) is 0 Å². The summed E-state index contributed by atoms with van der Waals surface area (Å²) in [5.74, 6) is 1.48. The number of aryl methyl sites for hydroxylation is 1. The summed E-state index contributed by atoms with van der Waals surface area (Å²) in [7, 11) is 1.71. The second-order valence-electron chi connectivity index (χ2n) is 11.1. The number of carboxylic acids is 1. The van der Waals surface area contributed by atoms with Crippen LogP contribution >= 0.6 is 31.9 Å². The molecule has 1 heterocycles. The van der Waals surface area contributed by atoms with Crippen LogP contribution in [0.5, 0.6) is 17.2 Å². The minimum absolute atomic E-state index is 0.0703. The normalized spacial score (nSPS) is 14.7. The van der Waals surface area contributed by atoms with Gasteiger partial charge < -0.3 is 24.8 Å². The molecule has 1 aliphatic rings. The largest absolute Gasteiger partial charge is 0.496 e. The molecule has 3 aromatic rings. The zero-order valence-electron chi connectivity index (χ0n) is 24.3. The Kier molecular flexibility index (Phi) is 11.3. The van der Waals surface area contributed by atoms with Gasteiger partial charge in [0.2, 0.25) is 0 Å². The number of carboxylic acid groups (broad SMARTS) is 1. The zero-order chi connectivity index (χ0) is 29.5. The Balaban J connectivity index is 1.78. The summed E-state index contributed by atoms with van der Waals surface area (Å²) in [4.78, 5) is 13.8. The van der Waals surface area contributed by atoms with E-state index in [2.05, 4.69) is 99.2 Å². The number of halogens is 2. The fraction of sp³-hybridized carbons (Fsp3) is 0.424. The number of hydrogen-bond acceptors (Lipinski definition) is 5.